The highest BCUT2D eigenvalue weighted by Crippen LogP contribution is 2.69. The summed E-state index contributed by atoms with van der Waals surface area (Å²) in [5.74, 6) is 1.38. The van der Waals surface area contributed by atoms with E-state index in [0.717, 1.165) is 38.6 Å². The zero-order valence-corrected chi connectivity index (χ0v) is 17.8. The fourth-order valence-electron chi connectivity index (χ4n) is 8.08. The van der Waals surface area contributed by atoms with Gasteiger partial charge in [-0.1, -0.05) is 44.2 Å². The van der Waals surface area contributed by atoms with Gasteiger partial charge in [0.2, 0.25) is 0 Å². The van der Waals surface area contributed by atoms with Crippen molar-refractivity contribution in [3.8, 4) is 0 Å². The monoisotopic (exact) mass is 380 g/mol. The Labute approximate surface area is 170 Å². The van der Waals surface area contributed by atoms with Crippen molar-refractivity contribution in [1.29, 1.82) is 0 Å². The number of benzene rings is 1. The van der Waals surface area contributed by atoms with Crippen LogP contribution < -0.4 is 0 Å². The molecule has 0 amide bonds. The third-order valence-corrected chi connectivity index (χ3v) is 8.30. The van der Waals surface area contributed by atoms with Crippen LogP contribution in [0.1, 0.15) is 57.9 Å². The van der Waals surface area contributed by atoms with Crippen LogP contribution in [0.4, 0.5) is 0 Å². The predicted octanol–water partition coefficient (Wildman–Crippen LogP) is 4.37. The Hall–Kier alpha value is -1.19. The number of hydrogen-bond acceptors (Lipinski definition) is 3. The van der Waals surface area contributed by atoms with Gasteiger partial charge in [-0.05, 0) is 60.8 Å². The lowest BCUT2D eigenvalue weighted by atomic mass is 9.39. The SMILES string of the molecule is CC12CC3CC(C)(C1)CC(C(=O)CN1CCN(Cc4ccccc4)CC1)(C3)C2. The molecule has 0 radical (unpaired) electrons. The Morgan fingerprint density at radius 2 is 1.50 bits per heavy atom. The fraction of sp³-hybridized carbons (Fsp3) is 0.720. The van der Waals surface area contributed by atoms with Crippen LogP contribution >= 0.6 is 0 Å². The van der Waals surface area contributed by atoms with E-state index in [1.807, 2.05) is 0 Å². The van der Waals surface area contributed by atoms with Crippen LogP contribution in [0.5, 0.6) is 0 Å². The molecule has 2 unspecified atom stereocenters. The summed E-state index contributed by atoms with van der Waals surface area (Å²) in [5.41, 5.74) is 2.25. The molecule has 5 fully saturated rings. The average Bonchev–Trinajstić information content (AvgIpc) is 2.61. The predicted molar refractivity (Wildman–Crippen MR) is 113 cm³/mol. The lowest BCUT2D eigenvalue weighted by molar-refractivity contribution is -0.169. The summed E-state index contributed by atoms with van der Waals surface area (Å²) < 4.78 is 0. The van der Waals surface area contributed by atoms with Gasteiger partial charge >= 0.3 is 0 Å². The maximum atomic E-state index is 13.6. The Kier molecular flexibility index (Phi) is 4.48. The molecule has 4 saturated carbocycles. The van der Waals surface area contributed by atoms with Crippen LogP contribution in [0.25, 0.3) is 0 Å². The van der Waals surface area contributed by atoms with Crippen LogP contribution in [0.15, 0.2) is 30.3 Å². The Morgan fingerprint density at radius 3 is 2.11 bits per heavy atom. The highest BCUT2D eigenvalue weighted by molar-refractivity contribution is 5.87. The number of carbonyl (C=O) groups excluding carboxylic acids is 1. The Balaban J connectivity index is 1.19. The number of rotatable bonds is 5. The molecule has 1 aliphatic heterocycles. The van der Waals surface area contributed by atoms with Gasteiger partial charge in [0, 0.05) is 38.1 Å². The minimum Gasteiger partial charge on any atom is -0.298 e. The summed E-state index contributed by atoms with van der Waals surface area (Å²) in [4.78, 5) is 18.5. The first-order valence-electron chi connectivity index (χ1n) is 11.4. The van der Waals surface area contributed by atoms with Crippen molar-refractivity contribution >= 4 is 5.78 Å². The van der Waals surface area contributed by atoms with Crippen molar-refractivity contribution in [2.45, 2.75) is 58.9 Å². The molecule has 0 aromatic heterocycles. The zero-order chi connectivity index (χ0) is 19.4. The molecule has 0 N–H and O–H groups in total. The standard InChI is InChI=1S/C25H36N2O/c1-23-12-21-13-24(2,17-23)19-25(14-21,18-23)22(28)16-27-10-8-26(9-11-27)15-20-6-4-3-5-7-20/h3-7,21H,8-19H2,1-2H3. The van der Waals surface area contributed by atoms with Crippen molar-refractivity contribution in [2.24, 2.45) is 22.2 Å². The molecule has 1 saturated heterocycles. The number of hydrogen-bond donors (Lipinski definition) is 0. The van der Waals surface area contributed by atoms with Crippen LogP contribution in [-0.2, 0) is 11.3 Å². The normalized spacial score (nSPS) is 40.7. The van der Waals surface area contributed by atoms with E-state index in [4.69, 9.17) is 0 Å². The van der Waals surface area contributed by atoms with Crippen molar-refractivity contribution in [3.63, 3.8) is 0 Å². The molecule has 6 rings (SSSR count). The maximum absolute atomic E-state index is 13.6. The van der Waals surface area contributed by atoms with Gasteiger partial charge in [0.25, 0.3) is 0 Å². The van der Waals surface area contributed by atoms with Crippen LogP contribution in [-0.4, -0.2) is 48.3 Å². The highest BCUT2D eigenvalue weighted by Gasteiger charge is 2.62. The number of piperazine rings is 1. The molecular weight excluding hydrogens is 344 g/mol. The second-order valence-electron chi connectivity index (χ2n) is 11.4. The molecule has 1 aromatic carbocycles. The maximum Gasteiger partial charge on any atom is 0.153 e. The lowest BCUT2D eigenvalue weighted by Gasteiger charge is -2.65. The lowest BCUT2D eigenvalue weighted by Crippen LogP contribution is -2.59. The van der Waals surface area contributed by atoms with Crippen molar-refractivity contribution in [1.82, 2.24) is 9.80 Å². The first-order valence-corrected chi connectivity index (χ1v) is 11.4. The smallest absolute Gasteiger partial charge is 0.153 e. The van der Waals surface area contributed by atoms with E-state index in [-0.39, 0.29) is 5.41 Å². The van der Waals surface area contributed by atoms with E-state index >= 15 is 0 Å². The summed E-state index contributed by atoms with van der Waals surface area (Å²) in [5, 5.41) is 0. The molecule has 0 spiro atoms. The first-order chi connectivity index (χ1) is 13.4. The van der Waals surface area contributed by atoms with Crippen molar-refractivity contribution in [2.75, 3.05) is 32.7 Å². The third kappa shape index (κ3) is 3.45. The Morgan fingerprint density at radius 1 is 0.893 bits per heavy atom. The van der Waals surface area contributed by atoms with E-state index < -0.39 is 0 Å². The van der Waals surface area contributed by atoms with Crippen molar-refractivity contribution in [3.05, 3.63) is 35.9 Å². The van der Waals surface area contributed by atoms with Gasteiger partial charge in [-0.2, -0.15) is 0 Å². The molecule has 2 atom stereocenters. The van der Waals surface area contributed by atoms with E-state index in [2.05, 4.69) is 54.0 Å². The average molecular weight is 381 g/mol. The first kappa shape index (κ1) is 18.8. The summed E-state index contributed by atoms with van der Waals surface area (Å²) in [6.45, 7) is 10.9. The summed E-state index contributed by atoms with van der Waals surface area (Å²) >= 11 is 0. The second kappa shape index (κ2) is 6.67. The van der Waals surface area contributed by atoms with Gasteiger partial charge in [0.05, 0.1) is 6.54 Å². The van der Waals surface area contributed by atoms with Crippen LogP contribution in [0, 0.1) is 22.2 Å². The molecular formula is C25H36N2O. The molecule has 1 heterocycles. The number of Topliss-reactive ketones (excluding diaryl/α,β-unsaturated/α-hetero) is 1. The largest absolute Gasteiger partial charge is 0.298 e. The third-order valence-electron chi connectivity index (χ3n) is 8.30. The van der Waals surface area contributed by atoms with E-state index in [1.54, 1.807) is 0 Å². The minimum atomic E-state index is 0.00406. The molecule has 4 bridgehead atoms. The number of nitrogens with zero attached hydrogens (tertiary/aromatic N) is 2. The number of ketones is 1. The molecule has 28 heavy (non-hydrogen) atoms. The van der Waals surface area contributed by atoms with Gasteiger partial charge < -0.3 is 0 Å². The zero-order valence-electron chi connectivity index (χ0n) is 17.8. The van der Waals surface area contributed by atoms with Gasteiger partial charge in [-0.3, -0.25) is 14.6 Å². The van der Waals surface area contributed by atoms with Gasteiger partial charge in [-0.25, -0.2) is 0 Å². The quantitative estimate of drug-likeness (QED) is 0.758. The minimum absolute atomic E-state index is 0.00406. The van der Waals surface area contributed by atoms with Gasteiger partial charge in [0.15, 0.2) is 5.78 Å². The second-order valence-corrected chi connectivity index (χ2v) is 11.4. The van der Waals surface area contributed by atoms with Crippen LogP contribution in [0.2, 0.25) is 0 Å². The number of carbonyl (C=O) groups is 1. The molecule has 3 nitrogen and oxygen atoms in total. The molecule has 1 aromatic rings. The van der Waals surface area contributed by atoms with E-state index in [9.17, 15) is 4.79 Å². The molecule has 3 heteroatoms. The van der Waals surface area contributed by atoms with Gasteiger partial charge in [0.1, 0.15) is 0 Å². The Bertz CT molecular complexity index is 718. The molecule has 4 aliphatic carbocycles. The summed E-state index contributed by atoms with van der Waals surface area (Å²) in [6.07, 6.45) is 7.61. The summed E-state index contributed by atoms with van der Waals surface area (Å²) in [7, 11) is 0. The topological polar surface area (TPSA) is 23.6 Å². The van der Waals surface area contributed by atoms with E-state index in [1.165, 1.54) is 44.1 Å². The summed E-state index contributed by atoms with van der Waals surface area (Å²) in [6, 6.07) is 10.8. The fourth-order valence-corrected chi connectivity index (χ4v) is 8.08. The van der Waals surface area contributed by atoms with E-state index in [0.29, 0.717) is 23.2 Å². The molecule has 152 valence electrons. The highest BCUT2D eigenvalue weighted by atomic mass is 16.1. The van der Waals surface area contributed by atoms with Crippen LogP contribution in [0.3, 0.4) is 0 Å². The van der Waals surface area contributed by atoms with Gasteiger partial charge in [-0.15, -0.1) is 0 Å². The van der Waals surface area contributed by atoms with Crippen molar-refractivity contribution < 1.29 is 4.79 Å². The molecule has 5 aliphatic rings.